The van der Waals surface area contributed by atoms with E-state index in [4.69, 9.17) is 23.2 Å². The Hall–Kier alpha value is -2.29. The van der Waals surface area contributed by atoms with Crippen LogP contribution in [0.15, 0.2) is 78.9 Å². The molecule has 0 bridgehead atoms. The number of carbonyl (C=O) groups excluding carboxylic acids is 1. The van der Waals surface area contributed by atoms with Crippen molar-refractivity contribution < 1.29 is 4.79 Å². The van der Waals surface area contributed by atoms with E-state index < -0.39 is 6.04 Å². The highest BCUT2D eigenvalue weighted by Crippen LogP contribution is 2.25. The van der Waals surface area contributed by atoms with E-state index in [0.717, 1.165) is 11.3 Å². The highest BCUT2D eigenvalue weighted by molar-refractivity contribution is 6.31. The molecule has 3 rings (SSSR count). The van der Waals surface area contributed by atoms with Crippen molar-refractivity contribution in [3.05, 3.63) is 100 Å². The Labute approximate surface area is 151 Å². The van der Waals surface area contributed by atoms with Crippen LogP contribution in [0.4, 0.5) is 5.69 Å². The lowest BCUT2D eigenvalue weighted by molar-refractivity contribution is 0.0969. The molecule has 0 amide bonds. The minimum Gasteiger partial charge on any atom is -0.371 e. The lowest BCUT2D eigenvalue weighted by atomic mass is 9.97. The molecule has 0 heterocycles. The lowest BCUT2D eigenvalue weighted by Gasteiger charge is -2.19. The van der Waals surface area contributed by atoms with E-state index in [9.17, 15) is 4.79 Å². The van der Waals surface area contributed by atoms with Gasteiger partial charge in [0.25, 0.3) is 0 Å². The monoisotopic (exact) mass is 355 g/mol. The van der Waals surface area contributed by atoms with Crippen molar-refractivity contribution >= 4 is 34.7 Å². The van der Waals surface area contributed by atoms with Crippen LogP contribution in [0.25, 0.3) is 0 Å². The lowest BCUT2D eigenvalue weighted by Crippen LogP contribution is -2.21. The molecule has 0 radical (unpaired) electrons. The summed E-state index contributed by atoms with van der Waals surface area (Å²) < 4.78 is 0. The van der Waals surface area contributed by atoms with Crippen LogP contribution >= 0.6 is 23.2 Å². The van der Waals surface area contributed by atoms with Crippen LogP contribution in [-0.4, -0.2) is 5.78 Å². The molecule has 4 heteroatoms. The minimum absolute atomic E-state index is 0.0298. The van der Waals surface area contributed by atoms with E-state index in [1.807, 2.05) is 42.5 Å². The topological polar surface area (TPSA) is 29.1 Å². The fourth-order valence-electron chi connectivity index (χ4n) is 2.44. The number of carbonyl (C=O) groups is 1. The quantitative estimate of drug-likeness (QED) is 0.566. The van der Waals surface area contributed by atoms with Crippen LogP contribution in [-0.2, 0) is 0 Å². The maximum Gasteiger partial charge on any atom is 0.189 e. The van der Waals surface area contributed by atoms with Crippen molar-refractivity contribution in [2.75, 3.05) is 5.32 Å². The Morgan fingerprint density at radius 1 is 0.750 bits per heavy atom. The SMILES string of the molecule is O=C(c1ccc(Cl)cc1)C(Nc1ccccc1)c1ccc(Cl)cc1. The van der Waals surface area contributed by atoms with Crippen molar-refractivity contribution in [3.8, 4) is 0 Å². The number of nitrogens with one attached hydrogen (secondary N) is 1. The summed E-state index contributed by atoms with van der Waals surface area (Å²) >= 11 is 11.9. The summed E-state index contributed by atoms with van der Waals surface area (Å²) in [6, 6.07) is 23.3. The molecule has 24 heavy (non-hydrogen) atoms. The predicted molar refractivity (Wildman–Crippen MR) is 100 cm³/mol. The number of para-hydroxylation sites is 1. The Kier molecular flexibility index (Phi) is 5.19. The second kappa shape index (κ2) is 7.52. The summed E-state index contributed by atoms with van der Waals surface area (Å²) in [5, 5.41) is 4.54. The van der Waals surface area contributed by atoms with Gasteiger partial charge in [-0.25, -0.2) is 0 Å². The Balaban J connectivity index is 1.96. The summed E-state index contributed by atoms with van der Waals surface area (Å²) in [5.74, 6) is -0.0298. The average Bonchev–Trinajstić information content (AvgIpc) is 2.62. The zero-order chi connectivity index (χ0) is 16.9. The van der Waals surface area contributed by atoms with Crippen LogP contribution in [0.2, 0.25) is 10.0 Å². The highest BCUT2D eigenvalue weighted by Gasteiger charge is 2.22. The molecule has 3 aromatic rings. The largest absolute Gasteiger partial charge is 0.371 e. The first-order valence-electron chi connectivity index (χ1n) is 7.50. The molecule has 0 aliphatic carbocycles. The standard InChI is InChI=1S/C20H15Cl2NO/c21-16-10-6-14(7-11-16)19(23-18-4-2-1-3-5-18)20(24)15-8-12-17(22)13-9-15/h1-13,19,23H. The van der Waals surface area contributed by atoms with Gasteiger partial charge in [0.2, 0.25) is 0 Å². The number of halogens is 2. The molecule has 0 spiro atoms. The van der Waals surface area contributed by atoms with E-state index in [-0.39, 0.29) is 5.78 Å². The summed E-state index contributed by atoms with van der Waals surface area (Å²) in [6.45, 7) is 0. The van der Waals surface area contributed by atoms with Gasteiger partial charge in [0.15, 0.2) is 5.78 Å². The van der Waals surface area contributed by atoms with Gasteiger partial charge in [-0.3, -0.25) is 4.79 Å². The minimum atomic E-state index is -0.508. The summed E-state index contributed by atoms with van der Waals surface area (Å²) in [7, 11) is 0. The average molecular weight is 356 g/mol. The Morgan fingerprint density at radius 2 is 1.29 bits per heavy atom. The molecule has 0 fully saturated rings. The second-order valence-corrected chi connectivity index (χ2v) is 6.24. The van der Waals surface area contributed by atoms with Crippen LogP contribution in [0.1, 0.15) is 22.0 Å². The van der Waals surface area contributed by atoms with Gasteiger partial charge in [-0.05, 0) is 54.1 Å². The third-order valence-electron chi connectivity index (χ3n) is 3.68. The maximum absolute atomic E-state index is 13.0. The van der Waals surface area contributed by atoms with Crippen molar-refractivity contribution in [3.63, 3.8) is 0 Å². The number of anilines is 1. The first-order valence-corrected chi connectivity index (χ1v) is 8.26. The van der Waals surface area contributed by atoms with Crippen LogP contribution in [0.3, 0.4) is 0 Å². The number of ketones is 1. The molecule has 120 valence electrons. The first-order chi connectivity index (χ1) is 11.6. The van der Waals surface area contributed by atoms with Gasteiger partial charge in [0, 0.05) is 21.3 Å². The van der Waals surface area contributed by atoms with Gasteiger partial charge in [0.05, 0.1) is 0 Å². The van der Waals surface area contributed by atoms with E-state index in [1.54, 1.807) is 36.4 Å². The number of hydrogen-bond acceptors (Lipinski definition) is 2. The predicted octanol–water partition coefficient (Wildman–Crippen LogP) is 6.03. The molecule has 2 nitrogen and oxygen atoms in total. The number of Topliss-reactive ketones (excluding diaryl/α,β-unsaturated/α-hetero) is 1. The normalized spacial score (nSPS) is 11.8. The fraction of sp³-hybridized carbons (Fsp3) is 0.0500. The van der Waals surface area contributed by atoms with E-state index >= 15 is 0 Å². The summed E-state index contributed by atoms with van der Waals surface area (Å²) in [4.78, 5) is 13.0. The number of benzene rings is 3. The van der Waals surface area contributed by atoms with Gasteiger partial charge in [-0.1, -0.05) is 53.5 Å². The summed E-state index contributed by atoms with van der Waals surface area (Å²) in [6.07, 6.45) is 0. The van der Waals surface area contributed by atoms with E-state index in [1.165, 1.54) is 0 Å². The fourth-order valence-corrected chi connectivity index (χ4v) is 2.69. The maximum atomic E-state index is 13.0. The zero-order valence-electron chi connectivity index (χ0n) is 12.7. The molecule has 3 aromatic carbocycles. The first kappa shape index (κ1) is 16.6. The van der Waals surface area contributed by atoms with E-state index in [2.05, 4.69) is 5.32 Å². The van der Waals surface area contributed by atoms with Gasteiger partial charge in [0.1, 0.15) is 6.04 Å². The van der Waals surface area contributed by atoms with Crippen molar-refractivity contribution in [1.29, 1.82) is 0 Å². The molecular formula is C20H15Cl2NO. The molecule has 1 N–H and O–H groups in total. The van der Waals surface area contributed by atoms with Crippen LogP contribution < -0.4 is 5.32 Å². The van der Waals surface area contributed by atoms with Crippen molar-refractivity contribution in [2.24, 2.45) is 0 Å². The molecule has 1 unspecified atom stereocenters. The molecule has 0 aliphatic heterocycles. The molecule has 1 atom stereocenters. The highest BCUT2D eigenvalue weighted by atomic mass is 35.5. The van der Waals surface area contributed by atoms with Gasteiger partial charge >= 0.3 is 0 Å². The van der Waals surface area contributed by atoms with Gasteiger partial charge < -0.3 is 5.32 Å². The molecule has 0 aliphatic rings. The molecule has 0 aromatic heterocycles. The Bertz CT molecular complexity index is 815. The molecular weight excluding hydrogens is 341 g/mol. The zero-order valence-corrected chi connectivity index (χ0v) is 14.3. The number of hydrogen-bond donors (Lipinski definition) is 1. The summed E-state index contributed by atoms with van der Waals surface area (Å²) in [5.41, 5.74) is 2.32. The van der Waals surface area contributed by atoms with Gasteiger partial charge in [-0.15, -0.1) is 0 Å². The van der Waals surface area contributed by atoms with Crippen LogP contribution in [0.5, 0.6) is 0 Å². The second-order valence-electron chi connectivity index (χ2n) is 5.37. The Morgan fingerprint density at radius 3 is 1.88 bits per heavy atom. The molecule has 0 saturated heterocycles. The van der Waals surface area contributed by atoms with Crippen molar-refractivity contribution in [1.82, 2.24) is 0 Å². The smallest absolute Gasteiger partial charge is 0.189 e. The van der Waals surface area contributed by atoms with Crippen LogP contribution in [0, 0.1) is 0 Å². The third kappa shape index (κ3) is 3.97. The number of rotatable bonds is 5. The third-order valence-corrected chi connectivity index (χ3v) is 4.18. The van der Waals surface area contributed by atoms with Crippen molar-refractivity contribution in [2.45, 2.75) is 6.04 Å². The molecule has 0 saturated carbocycles. The van der Waals surface area contributed by atoms with Gasteiger partial charge in [-0.2, -0.15) is 0 Å². The van der Waals surface area contributed by atoms with E-state index in [0.29, 0.717) is 15.6 Å².